The highest BCUT2D eigenvalue weighted by molar-refractivity contribution is 6.68. The predicted molar refractivity (Wildman–Crippen MR) is 52.0 cm³/mol. The average Bonchev–Trinajstić information content (AvgIpc) is 2.08. The highest BCUT2D eigenvalue weighted by Crippen LogP contribution is 2.32. The minimum atomic E-state index is -2.09. The van der Waals surface area contributed by atoms with E-state index < -0.39 is 15.9 Å². The standard InChI is InChI=1S/C7H6Cl3O4/c1-2-3-13-6(12)5(14-4-11)7(8,9)10/h2,5H,1,3H2. The minimum Gasteiger partial charge on any atom is -0.459 e. The molecular weight excluding hydrogens is 254 g/mol. The van der Waals surface area contributed by atoms with Gasteiger partial charge in [-0.3, -0.25) is 0 Å². The lowest BCUT2D eigenvalue weighted by molar-refractivity contribution is -0.151. The number of rotatable bonds is 5. The Kier molecular flexibility index (Phi) is 5.92. The molecule has 0 aromatic rings. The number of halogens is 3. The molecule has 14 heavy (non-hydrogen) atoms. The van der Waals surface area contributed by atoms with Gasteiger partial charge in [0.25, 0.3) is 0 Å². The molecule has 0 saturated heterocycles. The molecule has 0 saturated carbocycles. The highest BCUT2D eigenvalue weighted by Gasteiger charge is 2.42. The summed E-state index contributed by atoms with van der Waals surface area (Å²) in [5, 5.41) is 0. The van der Waals surface area contributed by atoms with Gasteiger partial charge in [0.1, 0.15) is 6.61 Å². The zero-order valence-corrected chi connectivity index (χ0v) is 9.10. The molecule has 0 aromatic heterocycles. The summed E-state index contributed by atoms with van der Waals surface area (Å²) in [6, 6.07) is 0. The van der Waals surface area contributed by atoms with Gasteiger partial charge in [-0.25, -0.2) is 9.59 Å². The second-order valence-corrected chi connectivity index (χ2v) is 4.41. The van der Waals surface area contributed by atoms with Crippen molar-refractivity contribution in [2.75, 3.05) is 6.61 Å². The zero-order chi connectivity index (χ0) is 11.2. The quantitative estimate of drug-likeness (QED) is 0.427. The molecule has 1 radical (unpaired) electrons. The molecule has 0 amide bonds. The van der Waals surface area contributed by atoms with E-state index in [1.54, 1.807) is 0 Å². The fourth-order valence-corrected chi connectivity index (χ4v) is 0.914. The Balaban J connectivity index is 4.40. The van der Waals surface area contributed by atoms with Crippen LogP contribution in [0.1, 0.15) is 0 Å². The van der Waals surface area contributed by atoms with E-state index in [1.807, 2.05) is 0 Å². The SMILES string of the molecule is C=CCOC(=O)C(O[C]=O)C(Cl)(Cl)Cl. The van der Waals surface area contributed by atoms with Crippen LogP contribution in [0.2, 0.25) is 0 Å². The summed E-state index contributed by atoms with van der Waals surface area (Å²) in [5.74, 6) is -0.978. The van der Waals surface area contributed by atoms with Crippen LogP contribution in [0.5, 0.6) is 0 Å². The van der Waals surface area contributed by atoms with E-state index >= 15 is 0 Å². The van der Waals surface area contributed by atoms with Crippen LogP contribution in [0.4, 0.5) is 0 Å². The molecule has 79 valence electrons. The van der Waals surface area contributed by atoms with Gasteiger partial charge in [0.05, 0.1) is 0 Å². The predicted octanol–water partition coefficient (Wildman–Crippen LogP) is 1.54. The van der Waals surface area contributed by atoms with Gasteiger partial charge in [0.2, 0.25) is 9.90 Å². The number of alkyl halides is 3. The Morgan fingerprint density at radius 2 is 2.14 bits per heavy atom. The number of ether oxygens (including phenoxy) is 2. The van der Waals surface area contributed by atoms with Gasteiger partial charge >= 0.3 is 12.4 Å². The van der Waals surface area contributed by atoms with Crippen LogP contribution < -0.4 is 0 Å². The molecule has 0 aliphatic heterocycles. The van der Waals surface area contributed by atoms with Crippen molar-refractivity contribution in [3.8, 4) is 0 Å². The first-order chi connectivity index (χ1) is 6.43. The van der Waals surface area contributed by atoms with Crippen molar-refractivity contribution in [2.45, 2.75) is 9.90 Å². The van der Waals surface area contributed by atoms with Crippen molar-refractivity contribution in [3.05, 3.63) is 12.7 Å². The third-order valence-electron chi connectivity index (χ3n) is 1.02. The molecule has 7 heteroatoms. The van der Waals surface area contributed by atoms with Gasteiger partial charge in [-0.05, 0) is 0 Å². The molecule has 0 rings (SSSR count). The third kappa shape index (κ3) is 4.69. The lowest BCUT2D eigenvalue weighted by atomic mass is 10.4. The monoisotopic (exact) mass is 259 g/mol. The Morgan fingerprint density at radius 3 is 2.50 bits per heavy atom. The van der Waals surface area contributed by atoms with E-state index in [-0.39, 0.29) is 6.61 Å². The fraction of sp³-hybridized carbons (Fsp3) is 0.429. The molecule has 0 aliphatic carbocycles. The van der Waals surface area contributed by atoms with Gasteiger partial charge < -0.3 is 9.47 Å². The van der Waals surface area contributed by atoms with Crippen molar-refractivity contribution in [3.63, 3.8) is 0 Å². The Morgan fingerprint density at radius 1 is 1.57 bits per heavy atom. The van der Waals surface area contributed by atoms with Gasteiger partial charge in [0, 0.05) is 0 Å². The average molecular weight is 260 g/mol. The van der Waals surface area contributed by atoms with E-state index in [9.17, 15) is 9.59 Å². The van der Waals surface area contributed by atoms with Gasteiger partial charge in [-0.15, -0.1) is 0 Å². The first-order valence-corrected chi connectivity index (χ1v) is 4.44. The van der Waals surface area contributed by atoms with Crippen LogP contribution in [-0.2, 0) is 19.1 Å². The van der Waals surface area contributed by atoms with Gasteiger partial charge in [0.15, 0.2) is 0 Å². The smallest absolute Gasteiger partial charge is 0.418 e. The van der Waals surface area contributed by atoms with Crippen LogP contribution in [0.15, 0.2) is 12.7 Å². The summed E-state index contributed by atoms with van der Waals surface area (Å²) in [6.45, 7) is 4.24. The largest absolute Gasteiger partial charge is 0.459 e. The fourth-order valence-electron chi connectivity index (χ4n) is 0.513. The van der Waals surface area contributed by atoms with Crippen molar-refractivity contribution in [1.82, 2.24) is 0 Å². The molecule has 0 heterocycles. The molecule has 1 atom stereocenters. The number of hydrogen-bond acceptors (Lipinski definition) is 4. The maximum Gasteiger partial charge on any atom is 0.418 e. The molecule has 0 N–H and O–H groups in total. The Labute approximate surface area is 95.7 Å². The second-order valence-electron chi connectivity index (χ2n) is 2.04. The van der Waals surface area contributed by atoms with E-state index in [4.69, 9.17) is 34.8 Å². The van der Waals surface area contributed by atoms with E-state index in [0.29, 0.717) is 0 Å². The van der Waals surface area contributed by atoms with E-state index in [2.05, 4.69) is 16.1 Å². The van der Waals surface area contributed by atoms with Crippen LogP contribution >= 0.6 is 34.8 Å². The Bertz CT molecular complexity index is 223. The summed E-state index contributed by atoms with van der Waals surface area (Å²) in [5.41, 5.74) is 0. The molecule has 0 aliphatic rings. The summed E-state index contributed by atoms with van der Waals surface area (Å²) in [4.78, 5) is 21.0. The molecule has 0 aromatic carbocycles. The maximum atomic E-state index is 11.1. The first kappa shape index (κ1) is 13.5. The molecule has 0 fully saturated rings. The van der Waals surface area contributed by atoms with Crippen LogP contribution in [0.25, 0.3) is 0 Å². The third-order valence-corrected chi connectivity index (χ3v) is 1.62. The van der Waals surface area contributed by atoms with Crippen molar-refractivity contribution < 1.29 is 19.1 Å². The second kappa shape index (κ2) is 6.11. The molecule has 0 spiro atoms. The number of esters is 1. The number of carbonyl (C=O) groups is 1. The van der Waals surface area contributed by atoms with Crippen LogP contribution in [-0.4, -0.2) is 28.9 Å². The van der Waals surface area contributed by atoms with Gasteiger partial charge in [-0.2, -0.15) is 0 Å². The molecular formula is C7H6Cl3O4. The summed E-state index contributed by atoms with van der Waals surface area (Å²) in [6.07, 6.45) is -0.317. The number of carbonyl (C=O) groups excluding carboxylic acids is 2. The molecule has 1 unspecified atom stereocenters. The van der Waals surface area contributed by atoms with Crippen LogP contribution in [0, 0.1) is 0 Å². The minimum absolute atomic E-state index is 0.0711. The summed E-state index contributed by atoms with van der Waals surface area (Å²) >= 11 is 16.1. The first-order valence-electron chi connectivity index (χ1n) is 3.30. The zero-order valence-electron chi connectivity index (χ0n) is 6.84. The lowest BCUT2D eigenvalue weighted by Gasteiger charge is -2.19. The van der Waals surface area contributed by atoms with Gasteiger partial charge in [-0.1, -0.05) is 47.5 Å². The summed E-state index contributed by atoms with van der Waals surface area (Å²) in [7, 11) is 0. The van der Waals surface area contributed by atoms with E-state index in [1.165, 1.54) is 6.08 Å². The van der Waals surface area contributed by atoms with E-state index in [0.717, 1.165) is 6.47 Å². The summed E-state index contributed by atoms with van der Waals surface area (Å²) < 4.78 is 6.59. The van der Waals surface area contributed by atoms with Crippen LogP contribution in [0.3, 0.4) is 0 Å². The van der Waals surface area contributed by atoms with Crippen molar-refractivity contribution >= 4 is 47.2 Å². The highest BCUT2D eigenvalue weighted by atomic mass is 35.6. The molecule has 0 bridgehead atoms. The molecule has 4 nitrogen and oxygen atoms in total. The van der Waals surface area contributed by atoms with Crippen molar-refractivity contribution in [2.24, 2.45) is 0 Å². The maximum absolute atomic E-state index is 11.1. The van der Waals surface area contributed by atoms with Crippen molar-refractivity contribution in [1.29, 1.82) is 0 Å². The lowest BCUT2D eigenvalue weighted by Crippen LogP contribution is -2.38. The normalized spacial score (nSPS) is 12.8. The Hall–Kier alpha value is -0.450. The number of hydrogen-bond donors (Lipinski definition) is 0. The topological polar surface area (TPSA) is 52.6 Å².